The second-order valence-corrected chi connectivity index (χ2v) is 5.81. The van der Waals surface area contributed by atoms with Crippen molar-refractivity contribution in [1.29, 1.82) is 0 Å². The van der Waals surface area contributed by atoms with Gasteiger partial charge in [0.05, 0.1) is 22.8 Å². The molecule has 1 aromatic carbocycles. The number of nitro groups is 1. The van der Waals surface area contributed by atoms with Crippen LogP contribution in [0.3, 0.4) is 0 Å². The number of β-amino-alcohol motifs (C(OH)–C–C–N with tert-alkyl or cyclic N) is 1. The van der Waals surface area contributed by atoms with E-state index in [1.54, 1.807) is 0 Å². The number of rotatable bonds is 3. The van der Waals surface area contributed by atoms with Gasteiger partial charge in [-0.3, -0.25) is 15.0 Å². The summed E-state index contributed by atoms with van der Waals surface area (Å²) < 4.78 is 0. The van der Waals surface area contributed by atoms with Crippen molar-refractivity contribution in [1.82, 2.24) is 4.90 Å². The molecule has 0 amide bonds. The highest BCUT2D eigenvalue weighted by atomic mass is 16.6. The van der Waals surface area contributed by atoms with Gasteiger partial charge in [-0.05, 0) is 11.6 Å². The predicted octanol–water partition coefficient (Wildman–Crippen LogP) is 1.42. The fourth-order valence-electron chi connectivity index (χ4n) is 3.54. The van der Waals surface area contributed by atoms with Crippen molar-refractivity contribution in [3.05, 3.63) is 39.1 Å². The van der Waals surface area contributed by atoms with E-state index < -0.39 is 4.92 Å². The Morgan fingerprint density at radius 1 is 1.41 bits per heavy atom. The molecule has 2 heterocycles. The summed E-state index contributed by atoms with van der Waals surface area (Å²) in [5, 5.41) is 30.7. The number of anilines is 1. The van der Waals surface area contributed by atoms with Gasteiger partial charge in [0.1, 0.15) is 5.75 Å². The van der Waals surface area contributed by atoms with Crippen molar-refractivity contribution in [2.45, 2.75) is 12.8 Å². The number of benzene rings is 1. The number of phenols is 1. The monoisotopic (exact) mass is 305 g/mol. The second-order valence-electron chi connectivity index (χ2n) is 5.81. The average molecular weight is 305 g/mol. The third-order valence-corrected chi connectivity index (χ3v) is 4.62. The van der Waals surface area contributed by atoms with Crippen LogP contribution >= 0.6 is 0 Å². The lowest BCUT2D eigenvalue weighted by Gasteiger charge is -2.33. The van der Waals surface area contributed by atoms with Crippen LogP contribution in [0.2, 0.25) is 0 Å². The first-order chi connectivity index (χ1) is 10.5. The minimum absolute atomic E-state index is 0.0410. The number of nitro benzene ring substituents is 1. The lowest BCUT2D eigenvalue weighted by Crippen LogP contribution is -2.28. The molecule has 2 N–H and O–H groups in total. The third-order valence-electron chi connectivity index (χ3n) is 4.62. The molecule has 0 saturated heterocycles. The standard InChI is InChI=1S/C15H19N3O4/c1-9-10-7-17(5-6-19)8-12(10)16(2)15-13(20)4-3-11(14(9)15)18(21)22/h3-4,9,19-20H,5-8H2,1-2H3. The van der Waals surface area contributed by atoms with E-state index in [2.05, 4.69) is 4.90 Å². The van der Waals surface area contributed by atoms with Crippen LogP contribution in [0.5, 0.6) is 5.75 Å². The van der Waals surface area contributed by atoms with E-state index in [-0.39, 0.29) is 24.0 Å². The maximum Gasteiger partial charge on any atom is 0.275 e. The van der Waals surface area contributed by atoms with Crippen LogP contribution in [0.1, 0.15) is 18.4 Å². The molecule has 2 aliphatic heterocycles. The van der Waals surface area contributed by atoms with Crippen LogP contribution in [0.25, 0.3) is 0 Å². The zero-order valence-electron chi connectivity index (χ0n) is 12.6. The lowest BCUT2D eigenvalue weighted by atomic mass is 9.86. The summed E-state index contributed by atoms with van der Waals surface area (Å²) >= 11 is 0. The number of likely N-dealkylation sites (N-methyl/N-ethyl adjacent to an activating group) is 1. The van der Waals surface area contributed by atoms with Gasteiger partial charge in [0, 0.05) is 44.4 Å². The molecule has 7 nitrogen and oxygen atoms in total. The molecule has 1 unspecified atom stereocenters. The molecule has 0 saturated carbocycles. The Balaban J connectivity index is 2.10. The molecule has 1 aromatic rings. The molecule has 0 aliphatic carbocycles. The predicted molar refractivity (Wildman–Crippen MR) is 82.1 cm³/mol. The summed E-state index contributed by atoms with van der Waals surface area (Å²) in [6.07, 6.45) is 0. The number of aromatic hydroxyl groups is 1. The van der Waals surface area contributed by atoms with Gasteiger partial charge in [-0.25, -0.2) is 0 Å². The Bertz CT molecular complexity index is 671. The van der Waals surface area contributed by atoms with Gasteiger partial charge < -0.3 is 15.1 Å². The summed E-state index contributed by atoms with van der Waals surface area (Å²) in [5.74, 6) is -0.0699. The summed E-state index contributed by atoms with van der Waals surface area (Å²) in [6.45, 7) is 3.96. The van der Waals surface area contributed by atoms with Crippen LogP contribution in [-0.4, -0.2) is 53.3 Å². The van der Waals surface area contributed by atoms with Crippen LogP contribution in [0.15, 0.2) is 23.4 Å². The average Bonchev–Trinajstić information content (AvgIpc) is 2.89. The molecule has 3 rings (SSSR count). The highest BCUT2D eigenvalue weighted by Gasteiger charge is 2.39. The van der Waals surface area contributed by atoms with Gasteiger partial charge in [-0.1, -0.05) is 6.92 Å². The molecular weight excluding hydrogens is 286 g/mol. The summed E-state index contributed by atoms with van der Waals surface area (Å²) in [6, 6.07) is 2.75. The van der Waals surface area contributed by atoms with Crippen molar-refractivity contribution >= 4 is 11.4 Å². The minimum atomic E-state index is -0.394. The summed E-state index contributed by atoms with van der Waals surface area (Å²) in [4.78, 5) is 14.9. The van der Waals surface area contributed by atoms with Crippen molar-refractivity contribution in [3.8, 4) is 5.75 Å². The Morgan fingerprint density at radius 3 is 2.77 bits per heavy atom. The normalized spacial score (nSPS) is 21.0. The fraction of sp³-hybridized carbons (Fsp3) is 0.467. The molecule has 0 fully saturated rings. The molecule has 0 radical (unpaired) electrons. The minimum Gasteiger partial charge on any atom is -0.506 e. The number of aliphatic hydroxyl groups excluding tert-OH is 1. The molecule has 0 bridgehead atoms. The number of nitrogens with zero attached hydrogens (tertiary/aromatic N) is 3. The van der Waals surface area contributed by atoms with Crippen molar-refractivity contribution in [2.24, 2.45) is 0 Å². The van der Waals surface area contributed by atoms with Crippen LogP contribution in [0, 0.1) is 10.1 Å². The SMILES string of the molecule is CC1C2=C(CN(CCO)C2)N(C)c2c(O)ccc([N+](=O)[O-])c21. The molecule has 22 heavy (non-hydrogen) atoms. The smallest absolute Gasteiger partial charge is 0.275 e. The maximum absolute atomic E-state index is 11.3. The Hall–Kier alpha value is -2.12. The number of hydrogen-bond acceptors (Lipinski definition) is 6. The van der Waals surface area contributed by atoms with Crippen LogP contribution in [-0.2, 0) is 0 Å². The van der Waals surface area contributed by atoms with Gasteiger partial charge in [-0.15, -0.1) is 0 Å². The molecule has 2 aliphatic rings. The molecule has 0 aromatic heterocycles. The quantitative estimate of drug-likeness (QED) is 0.648. The number of hydrogen-bond donors (Lipinski definition) is 2. The first-order valence-electron chi connectivity index (χ1n) is 7.24. The van der Waals surface area contributed by atoms with Gasteiger partial charge in [0.15, 0.2) is 0 Å². The lowest BCUT2D eigenvalue weighted by molar-refractivity contribution is -0.385. The van der Waals surface area contributed by atoms with E-state index in [9.17, 15) is 15.2 Å². The first kappa shape index (κ1) is 14.8. The summed E-state index contributed by atoms with van der Waals surface area (Å²) in [7, 11) is 1.83. The highest BCUT2D eigenvalue weighted by molar-refractivity contribution is 5.77. The van der Waals surface area contributed by atoms with Gasteiger partial charge in [0.25, 0.3) is 5.69 Å². The third kappa shape index (κ3) is 2.05. The molecule has 1 atom stereocenters. The maximum atomic E-state index is 11.3. The van der Waals surface area contributed by atoms with E-state index in [4.69, 9.17) is 5.11 Å². The first-order valence-corrected chi connectivity index (χ1v) is 7.24. The molecule has 7 heteroatoms. The second kappa shape index (κ2) is 5.26. The largest absolute Gasteiger partial charge is 0.506 e. The van der Waals surface area contributed by atoms with Gasteiger partial charge >= 0.3 is 0 Å². The molecule has 0 spiro atoms. The van der Waals surface area contributed by atoms with Gasteiger partial charge in [0.2, 0.25) is 0 Å². The van der Waals surface area contributed by atoms with Crippen molar-refractivity contribution < 1.29 is 15.1 Å². The molecular formula is C15H19N3O4. The number of phenolic OH excluding ortho intramolecular Hbond substituents is 1. The Kier molecular flexibility index (Phi) is 3.54. The fourth-order valence-corrected chi connectivity index (χ4v) is 3.54. The summed E-state index contributed by atoms with van der Waals surface area (Å²) in [5.41, 5.74) is 3.31. The van der Waals surface area contributed by atoms with Crippen LogP contribution < -0.4 is 4.90 Å². The Morgan fingerprint density at radius 2 is 2.14 bits per heavy atom. The zero-order valence-corrected chi connectivity index (χ0v) is 12.6. The zero-order chi connectivity index (χ0) is 16.0. The van der Waals surface area contributed by atoms with Crippen LogP contribution in [0.4, 0.5) is 11.4 Å². The Labute approximate surface area is 128 Å². The van der Waals surface area contributed by atoms with E-state index in [1.807, 2.05) is 18.9 Å². The van der Waals surface area contributed by atoms with E-state index in [1.165, 1.54) is 12.1 Å². The van der Waals surface area contributed by atoms with Gasteiger partial charge in [-0.2, -0.15) is 0 Å². The molecule has 118 valence electrons. The van der Waals surface area contributed by atoms with E-state index >= 15 is 0 Å². The number of aliphatic hydroxyl groups is 1. The van der Waals surface area contributed by atoms with E-state index in [0.717, 1.165) is 11.3 Å². The number of fused-ring (bicyclic) bond motifs is 1. The highest BCUT2D eigenvalue weighted by Crippen LogP contribution is 2.50. The van der Waals surface area contributed by atoms with Crippen molar-refractivity contribution in [3.63, 3.8) is 0 Å². The topological polar surface area (TPSA) is 90.1 Å². The van der Waals surface area contributed by atoms with Crippen molar-refractivity contribution in [2.75, 3.05) is 38.2 Å². The van der Waals surface area contributed by atoms with E-state index in [0.29, 0.717) is 30.9 Å².